The number of ether oxygens (including phenoxy) is 2. The number of benzene rings is 1. The average Bonchev–Trinajstić information content (AvgIpc) is 2.94. The SMILES string of the molecule is CCCC(=O)Nc1ccc(OCC(C)CN(C(=O)COCCO[N+](=O)[O-])C(C)C)c(C(C)=O)c1.O=CO.O=[N+]([O-])OCCO. The normalized spacial score (nSPS) is 10.5. The molecule has 250 valence electrons. The quantitative estimate of drug-likeness (QED) is 0.0647. The molecule has 1 atom stereocenters. The molecule has 0 saturated heterocycles. The highest BCUT2D eigenvalue weighted by Gasteiger charge is 2.21. The van der Waals surface area contributed by atoms with Crippen LogP contribution in [0.15, 0.2) is 18.2 Å². The highest BCUT2D eigenvalue weighted by Crippen LogP contribution is 2.24. The minimum Gasteiger partial charge on any atom is -0.492 e. The predicted octanol–water partition coefficient (Wildman–Crippen LogP) is 1.99. The Morgan fingerprint density at radius 3 is 2.14 bits per heavy atom. The molecule has 2 amide bonds. The number of carbonyl (C=O) groups is 4. The van der Waals surface area contributed by atoms with Gasteiger partial charge >= 0.3 is 0 Å². The van der Waals surface area contributed by atoms with Crippen molar-refractivity contribution in [3.8, 4) is 5.75 Å². The first kappa shape index (κ1) is 41.6. The van der Waals surface area contributed by atoms with Gasteiger partial charge in [-0.05, 0) is 45.4 Å². The number of Topliss-reactive ketones (excluding diaryl/α,β-unsaturated/α-hetero) is 1. The maximum absolute atomic E-state index is 12.5. The summed E-state index contributed by atoms with van der Waals surface area (Å²) in [6.07, 6.45) is 1.12. The van der Waals surface area contributed by atoms with Crippen molar-refractivity contribution in [3.05, 3.63) is 44.0 Å². The summed E-state index contributed by atoms with van der Waals surface area (Å²) in [7, 11) is 0. The van der Waals surface area contributed by atoms with Crippen molar-refractivity contribution in [1.29, 1.82) is 0 Å². The van der Waals surface area contributed by atoms with E-state index >= 15 is 0 Å². The number of hydrogen-bond acceptors (Lipinski definition) is 13. The van der Waals surface area contributed by atoms with Crippen molar-refractivity contribution in [3.63, 3.8) is 0 Å². The summed E-state index contributed by atoms with van der Waals surface area (Å²) in [6.45, 7) is 8.32. The molecule has 0 aliphatic heterocycles. The van der Waals surface area contributed by atoms with Gasteiger partial charge in [0.05, 0.1) is 25.4 Å². The van der Waals surface area contributed by atoms with Gasteiger partial charge < -0.3 is 39.6 Å². The van der Waals surface area contributed by atoms with E-state index < -0.39 is 10.2 Å². The minimum absolute atomic E-state index is 0.0621. The van der Waals surface area contributed by atoms with Gasteiger partial charge in [0.15, 0.2) is 5.78 Å². The molecule has 1 rings (SSSR count). The molecule has 0 aliphatic rings. The Bertz CT molecular complexity index is 1040. The van der Waals surface area contributed by atoms with Crippen molar-refractivity contribution >= 4 is 29.8 Å². The van der Waals surface area contributed by atoms with Crippen LogP contribution in [0.3, 0.4) is 0 Å². The van der Waals surface area contributed by atoms with Crippen LogP contribution in [0.4, 0.5) is 5.69 Å². The van der Waals surface area contributed by atoms with E-state index in [1.165, 1.54) is 6.92 Å². The van der Waals surface area contributed by atoms with E-state index in [4.69, 9.17) is 24.5 Å². The van der Waals surface area contributed by atoms with Crippen molar-refractivity contribution in [1.82, 2.24) is 4.90 Å². The fraction of sp³-hybridized carbons (Fsp3) is 0.615. The van der Waals surface area contributed by atoms with Gasteiger partial charge in [-0.25, -0.2) is 0 Å². The Kier molecular flexibility index (Phi) is 23.6. The third kappa shape index (κ3) is 21.2. The molecule has 1 unspecified atom stereocenters. The lowest BCUT2D eigenvalue weighted by atomic mass is 10.1. The van der Waals surface area contributed by atoms with Crippen molar-refractivity contribution in [2.45, 2.75) is 53.5 Å². The number of rotatable bonds is 19. The molecule has 0 fully saturated rings. The molecule has 1 aromatic carbocycles. The summed E-state index contributed by atoms with van der Waals surface area (Å²) < 4.78 is 11.0. The smallest absolute Gasteiger partial charge is 0.294 e. The molecule has 0 aromatic heterocycles. The number of nitrogens with zero attached hydrogens (tertiary/aromatic N) is 3. The zero-order valence-electron chi connectivity index (χ0n) is 25.5. The van der Waals surface area contributed by atoms with E-state index in [1.54, 1.807) is 23.1 Å². The number of aliphatic hydroxyl groups excluding tert-OH is 1. The zero-order chi connectivity index (χ0) is 34.1. The fourth-order valence-corrected chi connectivity index (χ4v) is 3.21. The van der Waals surface area contributed by atoms with Crippen LogP contribution in [0.1, 0.15) is 57.8 Å². The standard InChI is InChI=1S/C23H35N3O8.C2H5NO4.CH2O2/c1-6-7-22(28)24-19-8-9-21(20(12-19)18(5)27)33-14-17(4)13-25(16(2)3)23(29)15-32-10-11-34-26(30)31;4-1-2-7-3(5)6;2-1-3/h8-9,12,16-17H,6-7,10-11,13-15H2,1-5H3,(H,24,28);4H,1-2H2;1H,(H,2,3). The lowest BCUT2D eigenvalue weighted by Gasteiger charge is -2.29. The fourth-order valence-electron chi connectivity index (χ4n) is 3.21. The topological polar surface area (TPSA) is 247 Å². The van der Waals surface area contributed by atoms with Crippen LogP contribution in [0, 0.1) is 26.1 Å². The molecule has 18 heteroatoms. The van der Waals surface area contributed by atoms with Crippen LogP contribution in [0.5, 0.6) is 5.75 Å². The predicted molar refractivity (Wildman–Crippen MR) is 154 cm³/mol. The molecular weight excluding hydrogens is 592 g/mol. The van der Waals surface area contributed by atoms with Crippen LogP contribution < -0.4 is 10.1 Å². The number of nitrogens with one attached hydrogen (secondary N) is 1. The minimum atomic E-state index is -0.948. The van der Waals surface area contributed by atoms with Gasteiger partial charge in [-0.15, -0.1) is 20.2 Å². The first-order valence-corrected chi connectivity index (χ1v) is 13.4. The number of aliphatic hydroxyl groups is 1. The Hall–Kier alpha value is -4.58. The third-order valence-corrected chi connectivity index (χ3v) is 5.03. The van der Waals surface area contributed by atoms with E-state index in [0.29, 0.717) is 30.0 Å². The largest absolute Gasteiger partial charge is 0.492 e. The van der Waals surface area contributed by atoms with Crippen molar-refractivity contribution in [2.75, 3.05) is 51.5 Å². The number of carboxylic acid groups (broad SMARTS) is 1. The van der Waals surface area contributed by atoms with Crippen LogP contribution in [0.2, 0.25) is 0 Å². The molecule has 18 nitrogen and oxygen atoms in total. The maximum atomic E-state index is 12.5. The third-order valence-electron chi connectivity index (χ3n) is 5.03. The number of ketones is 1. The summed E-state index contributed by atoms with van der Waals surface area (Å²) >= 11 is 0. The summed E-state index contributed by atoms with van der Waals surface area (Å²) in [5.41, 5.74) is 0.896. The van der Waals surface area contributed by atoms with E-state index in [1.807, 2.05) is 27.7 Å². The Morgan fingerprint density at radius 1 is 1.07 bits per heavy atom. The molecular formula is C26H42N4O14. The van der Waals surface area contributed by atoms with E-state index in [-0.39, 0.29) is 75.7 Å². The summed E-state index contributed by atoms with van der Waals surface area (Å²) in [5.74, 6) is -0.213. The lowest BCUT2D eigenvalue weighted by Crippen LogP contribution is -2.43. The molecule has 0 bridgehead atoms. The Balaban J connectivity index is 0. The number of carbonyl (C=O) groups excluding carboxylic acids is 3. The van der Waals surface area contributed by atoms with E-state index in [2.05, 4.69) is 15.0 Å². The van der Waals surface area contributed by atoms with Crippen molar-refractivity contribution < 1.29 is 58.7 Å². The van der Waals surface area contributed by atoms with Crippen molar-refractivity contribution in [2.24, 2.45) is 5.92 Å². The van der Waals surface area contributed by atoms with Crippen LogP contribution in [-0.2, 0) is 28.8 Å². The van der Waals surface area contributed by atoms with E-state index in [0.717, 1.165) is 6.42 Å². The molecule has 3 N–H and O–H groups in total. The number of amides is 2. The van der Waals surface area contributed by atoms with Gasteiger partial charge in [0.2, 0.25) is 11.8 Å². The van der Waals surface area contributed by atoms with Gasteiger partial charge in [-0.3, -0.25) is 19.2 Å². The highest BCUT2D eigenvalue weighted by atomic mass is 17.0. The van der Waals surface area contributed by atoms with Crippen LogP contribution in [0.25, 0.3) is 0 Å². The molecule has 0 heterocycles. The van der Waals surface area contributed by atoms with Gasteiger partial charge in [-0.2, -0.15) is 0 Å². The molecule has 0 saturated carbocycles. The highest BCUT2D eigenvalue weighted by molar-refractivity contribution is 5.99. The molecule has 0 radical (unpaired) electrons. The summed E-state index contributed by atoms with van der Waals surface area (Å²) in [6, 6.07) is 4.84. The molecule has 44 heavy (non-hydrogen) atoms. The number of hydrogen-bond donors (Lipinski definition) is 3. The summed E-state index contributed by atoms with van der Waals surface area (Å²) in [5, 5.41) is 35.0. The molecule has 0 spiro atoms. The van der Waals surface area contributed by atoms with Crippen LogP contribution >= 0.6 is 0 Å². The zero-order valence-corrected chi connectivity index (χ0v) is 25.5. The monoisotopic (exact) mass is 634 g/mol. The Morgan fingerprint density at radius 2 is 1.66 bits per heavy atom. The molecule has 1 aromatic rings. The van der Waals surface area contributed by atoms with Gasteiger partial charge in [-0.1, -0.05) is 13.8 Å². The second kappa shape index (κ2) is 25.0. The second-order valence-electron chi connectivity index (χ2n) is 9.12. The van der Waals surface area contributed by atoms with Crippen LogP contribution in [-0.4, -0.2) is 102 Å². The lowest BCUT2D eigenvalue weighted by molar-refractivity contribution is -0.758. The maximum Gasteiger partial charge on any atom is 0.294 e. The average molecular weight is 635 g/mol. The van der Waals surface area contributed by atoms with Gasteiger partial charge in [0, 0.05) is 30.6 Å². The summed E-state index contributed by atoms with van der Waals surface area (Å²) in [4.78, 5) is 73.6. The van der Waals surface area contributed by atoms with Gasteiger partial charge in [0.1, 0.15) is 25.6 Å². The van der Waals surface area contributed by atoms with Gasteiger partial charge in [0.25, 0.3) is 16.6 Å². The second-order valence-corrected chi connectivity index (χ2v) is 9.12. The van der Waals surface area contributed by atoms with E-state index in [9.17, 15) is 34.6 Å². The molecule has 0 aliphatic carbocycles. The first-order chi connectivity index (χ1) is 20.7. The Labute approximate surface area is 254 Å². The number of anilines is 1. The first-order valence-electron chi connectivity index (χ1n) is 13.4.